The first-order chi connectivity index (χ1) is 44.0. The molecule has 0 fully saturated rings. The summed E-state index contributed by atoms with van der Waals surface area (Å²) in [5.74, 6) is -0.848. The van der Waals surface area contributed by atoms with Crippen molar-refractivity contribution in [2.45, 2.75) is 302 Å². The SMILES string of the molecule is CC/C=C\C/C=C\C/C=C\C/C=C\C/C=C\C/C=C\C/C=C\C/C=C\C/C=C\CCCCCCCCCC(=O)OC(COC(=O)CCCCCCCCCCCCCCCCCC/C=C\C/C=C\C/C=C\CCCCCCC)COP(=O)([O-])OCC[N+](C)(C)C. The Bertz CT molecular complexity index is 2030. The minimum absolute atomic E-state index is 0.0397. The fourth-order valence-corrected chi connectivity index (χ4v) is 10.5. The van der Waals surface area contributed by atoms with Gasteiger partial charge in [0, 0.05) is 12.8 Å². The molecule has 0 spiro atoms. The summed E-state index contributed by atoms with van der Waals surface area (Å²) in [4.78, 5) is 38.1. The lowest BCUT2D eigenvalue weighted by atomic mass is 10.0. The van der Waals surface area contributed by atoms with E-state index in [0.29, 0.717) is 17.4 Å². The summed E-state index contributed by atoms with van der Waals surface area (Å²) in [6.07, 6.45) is 102. The second-order valence-corrected chi connectivity index (χ2v) is 26.6. The molecule has 0 aromatic rings. The van der Waals surface area contributed by atoms with Crippen molar-refractivity contribution in [3.63, 3.8) is 0 Å². The van der Waals surface area contributed by atoms with Gasteiger partial charge < -0.3 is 27.9 Å². The van der Waals surface area contributed by atoms with Gasteiger partial charge in [-0.25, -0.2) is 0 Å². The number of likely N-dealkylation sites (N-methyl/N-ethyl adjacent to an activating group) is 1. The molecule has 0 N–H and O–H groups in total. The van der Waals surface area contributed by atoms with E-state index in [4.69, 9.17) is 18.5 Å². The zero-order valence-corrected chi connectivity index (χ0v) is 59.4. The number of carbonyl (C=O) groups is 2. The highest BCUT2D eigenvalue weighted by molar-refractivity contribution is 7.45. The average molecular weight is 1270 g/mol. The molecule has 0 aliphatic rings. The zero-order valence-electron chi connectivity index (χ0n) is 58.5. The van der Waals surface area contributed by atoms with Crippen LogP contribution in [0.5, 0.6) is 0 Å². The first-order valence-electron chi connectivity index (χ1n) is 36.5. The van der Waals surface area contributed by atoms with Gasteiger partial charge in [0.1, 0.15) is 19.8 Å². The summed E-state index contributed by atoms with van der Waals surface area (Å²) < 4.78 is 34.3. The lowest BCUT2D eigenvalue weighted by molar-refractivity contribution is -0.870. The van der Waals surface area contributed by atoms with Crippen molar-refractivity contribution in [1.29, 1.82) is 0 Å². The van der Waals surface area contributed by atoms with Gasteiger partial charge in [0.15, 0.2) is 6.10 Å². The minimum Gasteiger partial charge on any atom is -0.756 e. The van der Waals surface area contributed by atoms with Crippen LogP contribution in [0.4, 0.5) is 0 Å². The van der Waals surface area contributed by atoms with Gasteiger partial charge in [-0.2, -0.15) is 0 Å². The number of phosphoric acid groups is 1. The van der Waals surface area contributed by atoms with Crippen LogP contribution in [0.25, 0.3) is 0 Å². The summed E-state index contributed by atoms with van der Waals surface area (Å²) >= 11 is 0. The number of rotatable bonds is 66. The van der Waals surface area contributed by atoms with Crippen LogP contribution in [0.3, 0.4) is 0 Å². The Morgan fingerprint density at radius 1 is 0.356 bits per heavy atom. The van der Waals surface area contributed by atoms with Crippen LogP contribution in [-0.2, 0) is 32.7 Å². The van der Waals surface area contributed by atoms with Crippen molar-refractivity contribution in [3.8, 4) is 0 Å². The molecule has 0 aromatic heterocycles. The largest absolute Gasteiger partial charge is 0.756 e. The normalized spacial score (nSPS) is 14.0. The third-order valence-corrected chi connectivity index (χ3v) is 16.3. The van der Waals surface area contributed by atoms with Crippen LogP contribution in [0.2, 0.25) is 0 Å². The molecule has 0 aliphatic heterocycles. The van der Waals surface area contributed by atoms with Crippen LogP contribution in [0.1, 0.15) is 296 Å². The third kappa shape index (κ3) is 72.9. The second-order valence-electron chi connectivity index (χ2n) is 25.2. The standard InChI is InChI=1S/C80H136NO8P/c1-6-8-10-12-14-16-18-20-22-24-26-28-30-32-34-36-38-39-40-41-43-45-47-49-51-53-55-57-59-61-63-65-67-69-71-73-80(83)89-78(77-88-90(84,85)87-75-74-81(3,4)5)76-86-79(82)72-70-68-66-64-62-60-58-56-54-52-50-48-46-44-42-37-35-33-31-29-27-25-23-21-19-17-15-13-11-9-7-2/h8,10,14,16,19-22,25-28,31-34,38-39,41,43,47,49,53,55,78H,6-7,9,11-13,15,17-18,23-24,29-30,35-37,40,42,44-46,48,50-52,54,56-77H2,1-5H3/b10-8-,16-14-,21-19-,22-20-,27-25-,28-26-,33-31-,34-32-,39-38-,43-41-,49-47-,55-53-. The van der Waals surface area contributed by atoms with Crippen LogP contribution in [0.15, 0.2) is 146 Å². The number of carbonyl (C=O) groups excluding carboxylic acids is 2. The van der Waals surface area contributed by atoms with Crippen molar-refractivity contribution in [3.05, 3.63) is 146 Å². The summed E-state index contributed by atoms with van der Waals surface area (Å²) in [6.45, 7) is 4.11. The van der Waals surface area contributed by atoms with Gasteiger partial charge in [-0.15, -0.1) is 0 Å². The monoisotopic (exact) mass is 1270 g/mol. The predicted octanol–water partition coefficient (Wildman–Crippen LogP) is 23.5. The maximum atomic E-state index is 12.9. The number of ether oxygens (including phenoxy) is 2. The molecule has 9 nitrogen and oxygen atoms in total. The number of hydrogen-bond donors (Lipinski definition) is 0. The van der Waals surface area contributed by atoms with Gasteiger partial charge in [-0.3, -0.25) is 14.2 Å². The lowest BCUT2D eigenvalue weighted by Crippen LogP contribution is -2.37. The molecule has 0 aliphatic carbocycles. The van der Waals surface area contributed by atoms with E-state index in [-0.39, 0.29) is 32.0 Å². The fourth-order valence-electron chi connectivity index (χ4n) is 9.78. The average Bonchev–Trinajstić information content (AvgIpc) is 3.61. The van der Waals surface area contributed by atoms with Crippen LogP contribution >= 0.6 is 7.82 Å². The Morgan fingerprint density at radius 3 is 0.944 bits per heavy atom. The van der Waals surface area contributed by atoms with E-state index in [1.807, 2.05) is 21.1 Å². The van der Waals surface area contributed by atoms with Gasteiger partial charge >= 0.3 is 11.9 Å². The molecule has 0 heterocycles. The van der Waals surface area contributed by atoms with Crippen LogP contribution in [-0.4, -0.2) is 70.0 Å². The smallest absolute Gasteiger partial charge is 0.306 e. The Hall–Kier alpha value is -4.11. The molecule has 0 radical (unpaired) electrons. The number of esters is 2. The highest BCUT2D eigenvalue weighted by Gasteiger charge is 2.22. The summed E-state index contributed by atoms with van der Waals surface area (Å²) in [5, 5.41) is 0. The first-order valence-corrected chi connectivity index (χ1v) is 38.0. The number of phosphoric ester groups is 1. The van der Waals surface area contributed by atoms with Gasteiger partial charge in [-0.05, 0) is 122 Å². The molecule has 0 saturated carbocycles. The van der Waals surface area contributed by atoms with Gasteiger partial charge in [-0.1, -0.05) is 307 Å². The van der Waals surface area contributed by atoms with E-state index in [1.54, 1.807) is 0 Å². The molecular weight excluding hydrogens is 1130 g/mol. The Kier molecular flexibility index (Phi) is 66.1. The van der Waals surface area contributed by atoms with Crippen LogP contribution in [0, 0.1) is 0 Å². The van der Waals surface area contributed by atoms with Crippen molar-refractivity contribution in [1.82, 2.24) is 0 Å². The third-order valence-electron chi connectivity index (χ3n) is 15.3. The van der Waals surface area contributed by atoms with Crippen molar-refractivity contribution in [2.24, 2.45) is 0 Å². The number of hydrogen-bond acceptors (Lipinski definition) is 8. The Labute approximate surface area is 554 Å². The topological polar surface area (TPSA) is 111 Å². The lowest BCUT2D eigenvalue weighted by Gasteiger charge is -2.28. The van der Waals surface area contributed by atoms with Crippen molar-refractivity contribution < 1.29 is 42.1 Å². The minimum atomic E-state index is -4.66. The predicted molar refractivity (Wildman–Crippen MR) is 387 cm³/mol. The first kappa shape index (κ1) is 85.9. The quantitative estimate of drug-likeness (QED) is 0.0195. The highest BCUT2D eigenvalue weighted by atomic mass is 31.2. The summed E-state index contributed by atoms with van der Waals surface area (Å²) in [6, 6.07) is 0. The summed E-state index contributed by atoms with van der Waals surface area (Å²) in [7, 11) is 1.15. The number of unbranched alkanes of at least 4 members (excludes halogenated alkanes) is 28. The van der Waals surface area contributed by atoms with E-state index < -0.39 is 26.5 Å². The molecule has 10 heteroatoms. The number of quaternary nitrogens is 1. The maximum absolute atomic E-state index is 12.9. The van der Waals surface area contributed by atoms with E-state index in [2.05, 4.69) is 160 Å². The van der Waals surface area contributed by atoms with Gasteiger partial charge in [0.25, 0.3) is 7.82 Å². The Balaban J connectivity index is 4.11. The zero-order chi connectivity index (χ0) is 65.5. The molecule has 0 bridgehead atoms. The molecule has 2 unspecified atom stereocenters. The van der Waals surface area contributed by atoms with E-state index in [9.17, 15) is 19.0 Å². The van der Waals surface area contributed by atoms with E-state index >= 15 is 0 Å². The molecule has 514 valence electrons. The molecule has 0 saturated heterocycles. The van der Waals surface area contributed by atoms with E-state index in [1.165, 1.54) is 141 Å². The molecular formula is C80H136NO8P. The summed E-state index contributed by atoms with van der Waals surface area (Å²) in [5.41, 5.74) is 0. The van der Waals surface area contributed by atoms with Gasteiger partial charge in [0.05, 0.1) is 27.7 Å². The number of nitrogens with zero attached hydrogens (tertiary/aromatic N) is 1. The highest BCUT2D eigenvalue weighted by Crippen LogP contribution is 2.38. The molecule has 2 atom stereocenters. The fraction of sp³-hybridized carbons (Fsp3) is 0.675. The van der Waals surface area contributed by atoms with Crippen LogP contribution < -0.4 is 4.89 Å². The van der Waals surface area contributed by atoms with Crippen molar-refractivity contribution in [2.75, 3.05) is 47.5 Å². The molecule has 0 amide bonds. The van der Waals surface area contributed by atoms with Gasteiger partial charge in [0.2, 0.25) is 0 Å². The number of allylic oxidation sites excluding steroid dienone is 24. The molecule has 0 aromatic carbocycles. The second kappa shape index (κ2) is 69.2. The van der Waals surface area contributed by atoms with E-state index in [0.717, 1.165) is 122 Å². The molecule has 90 heavy (non-hydrogen) atoms. The molecule has 0 rings (SSSR count). The van der Waals surface area contributed by atoms with Crippen molar-refractivity contribution >= 4 is 19.8 Å². The Morgan fingerprint density at radius 2 is 0.633 bits per heavy atom. The maximum Gasteiger partial charge on any atom is 0.306 e.